The third-order valence-corrected chi connectivity index (χ3v) is 4.20. The Labute approximate surface area is 134 Å². The number of carbonyl (C=O) groups excluding carboxylic acids is 1. The van der Waals surface area contributed by atoms with Crippen LogP contribution in [0.2, 0.25) is 5.02 Å². The van der Waals surface area contributed by atoms with E-state index in [0.29, 0.717) is 22.4 Å². The summed E-state index contributed by atoms with van der Waals surface area (Å²) < 4.78 is 0.968. The molecule has 0 spiro atoms. The Balaban J connectivity index is 2.94. The van der Waals surface area contributed by atoms with Crippen LogP contribution in [-0.2, 0) is 0 Å². The molecule has 2 nitrogen and oxygen atoms in total. The van der Waals surface area contributed by atoms with E-state index in [9.17, 15) is 4.79 Å². The molecule has 0 heterocycles. The van der Waals surface area contributed by atoms with Gasteiger partial charge in [0.1, 0.15) is 0 Å². The van der Waals surface area contributed by atoms with E-state index in [1.165, 1.54) is 0 Å². The molecule has 0 aliphatic rings. The molecule has 0 saturated heterocycles. The highest BCUT2D eigenvalue weighted by molar-refractivity contribution is 14.1. The summed E-state index contributed by atoms with van der Waals surface area (Å²) in [5.74, 6) is 0.991. The molecule has 106 valence electrons. The number of hydrogen-bond acceptors (Lipinski definition) is 1. The summed E-state index contributed by atoms with van der Waals surface area (Å²) in [5.41, 5.74) is 0.673. The van der Waals surface area contributed by atoms with Crippen LogP contribution < -0.4 is 0 Å². The van der Waals surface area contributed by atoms with Gasteiger partial charge < -0.3 is 4.90 Å². The standard InChI is InChI=1S/C15H21ClINO/c1-10(2)8-18(9-11(3)4)15(19)12-5-6-14(17)13(16)7-12/h5-7,10-11H,8-9H2,1-4H3. The topological polar surface area (TPSA) is 20.3 Å². The van der Waals surface area contributed by atoms with Crippen LogP contribution in [0.25, 0.3) is 0 Å². The van der Waals surface area contributed by atoms with Gasteiger partial charge in [-0.1, -0.05) is 39.3 Å². The van der Waals surface area contributed by atoms with Gasteiger partial charge in [-0.3, -0.25) is 4.79 Å². The van der Waals surface area contributed by atoms with Crippen molar-refractivity contribution in [3.8, 4) is 0 Å². The van der Waals surface area contributed by atoms with Crippen molar-refractivity contribution in [3.05, 3.63) is 32.4 Å². The molecule has 0 radical (unpaired) electrons. The van der Waals surface area contributed by atoms with Crippen molar-refractivity contribution >= 4 is 40.1 Å². The number of benzene rings is 1. The van der Waals surface area contributed by atoms with Crippen molar-refractivity contribution in [2.24, 2.45) is 11.8 Å². The average Bonchev–Trinajstić information content (AvgIpc) is 2.29. The summed E-state index contributed by atoms with van der Waals surface area (Å²) in [5, 5.41) is 0.639. The molecule has 1 rings (SSSR count). The van der Waals surface area contributed by atoms with E-state index in [2.05, 4.69) is 50.3 Å². The summed E-state index contributed by atoms with van der Waals surface area (Å²) in [4.78, 5) is 14.5. The van der Waals surface area contributed by atoms with Gasteiger partial charge in [0.2, 0.25) is 0 Å². The largest absolute Gasteiger partial charge is 0.338 e. The van der Waals surface area contributed by atoms with Gasteiger partial charge in [-0.05, 0) is 52.6 Å². The molecule has 1 aromatic carbocycles. The maximum absolute atomic E-state index is 12.5. The Hall–Kier alpha value is -0.290. The minimum absolute atomic E-state index is 0.0701. The van der Waals surface area contributed by atoms with Crippen molar-refractivity contribution in [1.82, 2.24) is 4.90 Å². The summed E-state index contributed by atoms with van der Waals surface area (Å²) in [6.07, 6.45) is 0. The van der Waals surface area contributed by atoms with Crippen LogP contribution in [-0.4, -0.2) is 23.9 Å². The van der Waals surface area contributed by atoms with Crippen molar-refractivity contribution in [2.45, 2.75) is 27.7 Å². The van der Waals surface area contributed by atoms with Gasteiger partial charge in [0, 0.05) is 22.2 Å². The molecule has 0 aliphatic carbocycles. The van der Waals surface area contributed by atoms with Crippen LogP contribution in [0.5, 0.6) is 0 Å². The Morgan fingerprint density at radius 2 is 1.74 bits per heavy atom. The second-order valence-electron chi connectivity index (χ2n) is 5.63. The molecular weight excluding hydrogens is 373 g/mol. The predicted molar refractivity (Wildman–Crippen MR) is 89.7 cm³/mol. The Kier molecular flexibility index (Phi) is 6.60. The van der Waals surface area contributed by atoms with Crippen LogP contribution in [0.3, 0.4) is 0 Å². The van der Waals surface area contributed by atoms with Crippen LogP contribution in [0.1, 0.15) is 38.1 Å². The van der Waals surface area contributed by atoms with E-state index in [4.69, 9.17) is 11.6 Å². The first kappa shape index (κ1) is 16.8. The number of nitrogens with zero attached hydrogens (tertiary/aromatic N) is 1. The SMILES string of the molecule is CC(C)CN(CC(C)C)C(=O)c1ccc(I)c(Cl)c1. The van der Waals surface area contributed by atoms with Crippen molar-refractivity contribution in [1.29, 1.82) is 0 Å². The number of halogens is 2. The predicted octanol–water partition coefficient (Wildman–Crippen LogP) is 4.70. The van der Waals surface area contributed by atoms with Crippen molar-refractivity contribution in [3.63, 3.8) is 0 Å². The maximum atomic E-state index is 12.5. The second kappa shape index (κ2) is 7.48. The molecule has 1 aromatic rings. The molecule has 1 amide bonds. The number of hydrogen-bond donors (Lipinski definition) is 0. The van der Waals surface area contributed by atoms with E-state index >= 15 is 0 Å². The Bertz CT molecular complexity index is 436. The van der Waals surface area contributed by atoms with Gasteiger partial charge in [-0.2, -0.15) is 0 Å². The van der Waals surface area contributed by atoms with Gasteiger partial charge in [0.05, 0.1) is 5.02 Å². The van der Waals surface area contributed by atoms with Crippen LogP contribution in [0.4, 0.5) is 0 Å². The van der Waals surface area contributed by atoms with E-state index in [1.54, 1.807) is 6.07 Å². The quantitative estimate of drug-likeness (QED) is 0.664. The Morgan fingerprint density at radius 1 is 1.21 bits per heavy atom. The summed E-state index contributed by atoms with van der Waals surface area (Å²) in [7, 11) is 0. The molecule has 0 unspecified atom stereocenters. The highest BCUT2D eigenvalue weighted by Crippen LogP contribution is 2.21. The fraction of sp³-hybridized carbons (Fsp3) is 0.533. The molecule has 19 heavy (non-hydrogen) atoms. The lowest BCUT2D eigenvalue weighted by Gasteiger charge is -2.26. The fourth-order valence-electron chi connectivity index (χ4n) is 1.93. The van der Waals surface area contributed by atoms with Crippen molar-refractivity contribution in [2.75, 3.05) is 13.1 Å². The third-order valence-electron chi connectivity index (χ3n) is 2.62. The summed E-state index contributed by atoms with van der Waals surface area (Å²) >= 11 is 8.26. The maximum Gasteiger partial charge on any atom is 0.253 e. The number of carbonyl (C=O) groups is 1. The van der Waals surface area contributed by atoms with Gasteiger partial charge in [0.25, 0.3) is 5.91 Å². The van der Waals surface area contributed by atoms with E-state index in [-0.39, 0.29) is 5.91 Å². The average molecular weight is 394 g/mol. The zero-order valence-corrected chi connectivity index (χ0v) is 14.8. The molecular formula is C15H21ClINO. The third kappa shape index (κ3) is 5.30. The highest BCUT2D eigenvalue weighted by atomic mass is 127. The first-order chi connectivity index (χ1) is 8.81. The van der Waals surface area contributed by atoms with Gasteiger partial charge in [-0.25, -0.2) is 0 Å². The zero-order chi connectivity index (χ0) is 14.6. The van der Waals surface area contributed by atoms with Crippen LogP contribution >= 0.6 is 34.2 Å². The van der Waals surface area contributed by atoms with Gasteiger partial charge in [0.15, 0.2) is 0 Å². The number of rotatable bonds is 5. The monoisotopic (exact) mass is 393 g/mol. The van der Waals surface area contributed by atoms with Crippen molar-refractivity contribution < 1.29 is 4.79 Å². The molecule has 0 fully saturated rings. The minimum atomic E-state index is 0.0701. The first-order valence-electron chi connectivity index (χ1n) is 6.55. The lowest BCUT2D eigenvalue weighted by molar-refractivity contribution is 0.0715. The fourth-order valence-corrected chi connectivity index (χ4v) is 2.45. The van der Waals surface area contributed by atoms with Crippen LogP contribution in [0, 0.1) is 15.4 Å². The summed E-state index contributed by atoms with van der Waals surface area (Å²) in [6.45, 7) is 10.1. The van der Waals surface area contributed by atoms with E-state index in [0.717, 1.165) is 16.7 Å². The van der Waals surface area contributed by atoms with E-state index < -0.39 is 0 Å². The van der Waals surface area contributed by atoms with Crippen LogP contribution in [0.15, 0.2) is 18.2 Å². The van der Waals surface area contributed by atoms with Gasteiger partial charge >= 0.3 is 0 Å². The first-order valence-corrected chi connectivity index (χ1v) is 8.01. The molecule has 0 aromatic heterocycles. The van der Waals surface area contributed by atoms with E-state index in [1.807, 2.05) is 17.0 Å². The summed E-state index contributed by atoms with van der Waals surface area (Å²) in [6, 6.07) is 5.50. The smallest absolute Gasteiger partial charge is 0.253 e. The molecule has 4 heteroatoms. The lowest BCUT2D eigenvalue weighted by atomic mass is 10.1. The Morgan fingerprint density at radius 3 is 2.16 bits per heavy atom. The number of amides is 1. The molecule has 0 bridgehead atoms. The zero-order valence-electron chi connectivity index (χ0n) is 11.9. The molecule has 0 aliphatic heterocycles. The molecule has 0 atom stereocenters. The highest BCUT2D eigenvalue weighted by Gasteiger charge is 2.18. The molecule has 0 saturated carbocycles. The minimum Gasteiger partial charge on any atom is -0.338 e. The normalized spacial score (nSPS) is 11.2. The second-order valence-corrected chi connectivity index (χ2v) is 7.20. The molecule has 0 N–H and O–H groups in total. The van der Waals surface area contributed by atoms with Gasteiger partial charge in [-0.15, -0.1) is 0 Å². The lowest BCUT2D eigenvalue weighted by Crippen LogP contribution is -2.37.